The summed E-state index contributed by atoms with van der Waals surface area (Å²) >= 11 is 7.96. The summed E-state index contributed by atoms with van der Waals surface area (Å²) in [5.74, 6) is 0. The number of hydrogen-bond acceptors (Lipinski definition) is 3. The summed E-state index contributed by atoms with van der Waals surface area (Å²) in [4.78, 5) is 4.42. The van der Waals surface area contributed by atoms with Crippen molar-refractivity contribution >= 4 is 38.8 Å². The van der Waals surface area contributed by atoms with Crippen LogP contribution in [0.15, 0.2) is 17.6 Å². The number of rotatable bonds is 8. The lowest BCUT2D eigenvalue weighted by atomic mass is 10.1. The number of halogens is 1. The maximum absolute atomic E-state index is 6.31. The van der Waals surface area contributed by atoms with Crippen molar-refractivity contribution in [3.05, 3.63) is 22.7 Å². The molecule has 110 valence electrons. The van der Waals surface area contributed by atoms with Crippen LogP contribution in [0.2, 0.25) is 5.02 Å². The Bertz CT molecular complexity index is 538. The Balaban J connectivity index is 1.91. The van der Waals surface area contributed by atoms with Crippen molar-refractivity contribution in [2.75, 3.05) is 5.32 Å². The summed E-state index contributed by atoms with van der Waals surface area (Å²) in [5.41, 5.74) is 3.87. The number of hydrogen-bond donors (Lipinski definition) is 1. The summed E-state index contributed by atoms with van der Waals surface area (Å²) < 4.78 is 1.19. The van der Waals surface area contributed by atoms with E-state index in [1.807, 2.05) is 17.6 Å². The van der Waals surface area contributed by atoms with Crippen molar-refractivity contribution < 1.29 is 0 Å². The molecule has 2 rings (SSSR count). The van der Waals surface area contributed by atoms with Gasteiger partial charge < -0.3 is 5.32 Å². The number of nitrogens with zero attached hydrogens (tertiary/aromatic N) is 1. The summed E-state index contributed by atoms with van der Waals surface area (Å²) in [6.07, 6.45) is 7.79. The van der Waals surface area contributed by atoms with Crippen LogP contribution in [0.5, 0.6) is 0 Å². The minimum Gasteiger partial charge on any atom is -0.380 e. The second-order valence-corrected chi connectivity index (χ2v) is 6.66. The van der Waals surface area contributed by atoms with Gasteiger partial charge in [0.1, 0.15) is 5.52 Å². The molecule has 0 bridgehead atoms. The number of fused-ring (bicyclic) bond motifs is 1. The average Bonchev–Trinajstić information content (AvgIpc) is 2.90. The van der Waals surface area contributed by atoms with Crippen LogP contribution in [-0.4, -0.2) is 11.0 Å². The molecule has 0 saturated carbocycles. The lowest BCUT2D eigenvalue weighted by Crippen LogP contribution is -2.15. The Labute approximate surface area is 130 Å². The highest BCUT2D eigenvalue weighted by Gasteiger charge is 2.11. The van der Waals surface area contributed by atoms with Crippen LogP contribution in [0, 0.1) is 0 Å². The fraction of sp³-hybridized carbons (Fsp3) is 0.562. The fourth-order valence-corrected chi connectivity index (χ4v) is 3.31. The number of anilines is 1. The zero-order valence-corrected chi connectivity index (χ0v) is 13.9. The van der Waals surface area contributed by atoms with Gasteiger partial charge in [0.2, 0.25) is 0 Å². The number of thiazole rings is 1. The highest BCUT2D eigenvalue weighted by Crippen LogP contribution is 2.33. The van der Waals surface area contributed by atoms with Gasteiger partial charge in [-0.25, -0.2) is 4.98 Å². The molecule has 1 atom stereocenters. The molecular weight excluding hydrogens is 288 g/mol. The van der Waals surface area contributed by atoms with E-state index >= 15 is 0 Å². The zero-order chi connectivity index (χ0) is 14.4. The molecule has 1 N–H and O–H groups in total. The van der Waals surface area contributed by atoms with Crippen molar-refractivity contribution in [2.24, 2.45) is 0 Å². The van der Waals surface area contributed by atoms with E-state index in [9.17, 15) is 0 Å². The normalized spacial score (nSPS) is 12.8. The molecule has 1 aromatic carbocycles. The summed E-state index contributed by atoms with van der Waals surface area (Å²) in [7, 11) is 0. The van der Waals surface area contributed by atoms with Gasteiger partial charge in [-0.15, -0.1) is 11.3 Å². The molecule has 0 aliphatic heterocycles. The Morgan fingerprint density at radius 3 is 2.85 bits per heavy atom. The van der Waals surface area contributed by atoms with Gasteiger partial charge in [0.15, 0.2) is 0 Å². The molecule has 0 radical (unpaired) electrons. The zero-order valence-electron chi connectivity index (χ0n) is 12.3. The van der Waals surface area contributed by atoms with Crippen LogP contribution in [0.3, 0.4) is 0 Å². The van der Waals surface area contributed by atoms with Crippen LogP contribution >= 0.6 is 22.9 Å². The molecule has 2 nitrogen and oxygen atoms in total. The SMILES string of the molecule is CCCCCCCC(C)Nc1c(Cl)ccc2scnc12. The first-order valence-electron chi connectivity index (χ1n) is 7.50. The summed E-state index contributed by atoms with van der Waals surface area (Å²) in [6.45, 7) is 4.47. The Morgan fingerprint density at radius 2 is 2.05 bits per heavy atom. The van der Waals surface area contributed by atoms with Crippen LogP contribution in [0.25, 0.3) is 10.2 Å². The van der Waals surface area contributed by atoms with Gasteiger partial charge in [0.05, 0.1) is 20.9 Å². The molecule has 0 aliphatic rings. The Hall–Kier alpha value is -0.800. The lowest BCUT2D eigenvalue weighted by molar-refractivity contribution is 0.579. The monoisotopic (exact) mass is 310 g/mol. The molecular formula is C16H23ClN2S. The second-order valence-electron chi connectivity index (χ2n) is 5.37. The van der Waals surface area contributed by atoms with E-state index in [0.717, 1.165) is 16.2 Å². The predicted molar refractivity (Wildman–Crippen MR) is 91.1 cm³/mol. The molecule has 0 amide bonds. The predicted octanol–water partition coefficient (Wildman–Crippen LogP) is 6.11. The highest BCUT2D eigenvalue weighted by molar-refractivity contribution is 7.16. The van der Waals surface area contributed by atoms with Crippen LogP contribution in [0.4, 0.5) is 5.69 Å². The van der Waals surface area contributed by atoms with Crippen molar-refractivity contribution in [3.8, 4) is 0 Å². The quantitative estimate of drug-likeness (QED) is 0.595. The van der Waals surface area contributed by atoms with E-state index in [2.05, 4.69) is 24.1 Å². The lowest BCUT2D eigenvalue weighted by Gasteiger charge is -2.16. The van der Waals surface area contributed by atoms with E-state index in [4.69, 9.17) is 11.6 Å². The summed E-state index contributed by atoms with van der Waals surface area (Å²) in [5, 5.41) is 4.31. The maximum Gasteiger partial charge on any atom is 0.106 e. The third-order valence-corrected chi connectivity index (χ3v) is 4.69. The highest BCUT2D eigenvalue weighted by atomic mass is 35.5. The van der Waals surface area contributed by atoms with Gasteiger partial charge in [0, 0.05) is 6.04 Å². The van der Waals surface area contributed by atoms with Crippen molar-refractivity contribution in [1.82, 2.24) is 4.98 Å². The smallest absolute Gasteiger partial charge is 0.106 e. The minimum atomic E-state index is 0.432. The standard InChI is InChI=1S/C16H23ClN2S/c1-3-4-5-6-7-8-12(2)19-15-13(17)9-10-14-16(15)18-11-20-14/h9-12,19H,3-8H2,1-2H3. The molecule has 1 unspecified atom stereocenters. The topological polar surface area (TPSA) is 24.9 Å². The number of unbranched alkanes of at least 4 members (excludes halogenated alkanes) is 4. The molecule has 1 aromatic heterocycles. The minimum absolute atomic E-state index is 0.432. The first-order valence-corrected chi connectivity index (χ1v) is 8.76. The molecule has 1 heterocycles. The van der Waals surface area contributed by atoms with Gasteiger partial charge >= 0.3 is 0 Å². The molecule has 2 aromatic rings. The van der Waals surface area contributed by atoms with Gasteiger partial charge in [-0.1, -0.05) is 50.6 Å². The maximum atomic E-state index is 6.31. The van der Waals surface area contributed by atoms with Crippen molar-refractivity contribution in [1.29, 1.82) is 0 Å². The summed E-state index contributed by atoms with van der Waals surface area (Å²) in [6, 6.07) is 4.43. The molecule has 0 fully saturated rings. The van der Waals surface area contributed by atoms with E-state index in [1.165, 1.54) is 43.2 Å². The number of benzene rings is 1. The van der Waals surface area contributed by atoms with Gasteiger partial charge in [0.25, 0.3) is 0 Å². The Kier molecular flexibility index (Phi) is 6.11. The average molecular weight is 311 g/mol. The van der Waals surface area contributed by atoms with E-state index in [-0.39, 0.29) is 0 Å². The van der Waals surface area contributed by atoms with Crippen LogP contribution in [0.1, 0.15) is 52.4 Å². The first kappa shape index (κ1) is 15.6. The van der Waals surface area contributed by atoms with E-state index < -0.39 is 0 Å². The molecule has 0 spiro atoms. The van der Waals surface area contributed by atoms with Gasteiger partial charge in [-0.2, -0.15) is 0 Å². The van der Waals surface area contributed by atoms with Gasteiger partial charge in [-0.3, -0.25) is 0 Å². The van der Waals surface area contributed by atoms with Crippen molar-refractivity contribution in [3.63, 3.8) is 0 Å². The fourth-order valence-electron chi connectivity index (χ4n) is 2.42. The van der Waals surface area contributed by atoms with Gasteiger partial charge in [-0.05, 0) is 25.5 Å². The number of aromatic nitrogens is 1. The third kappa shape index (κ3) is 4.10. The largest absolute Gasteiger partial charge is 0.380 e. The molecule has 20 heavy (non-hydrogen) atoms. The Morgan fingerprint density at radius 1 is 1.25 bits per heavy atom. The molecule has 4 heteroatoms. The van der Waals surface area contributed by atoms with Crippen LogP contribution < -0.4 is 5.32 Å². The van der Waals surface area contributed by atoms with E-state index in [0.29, 0.717) is 6.04 Å². The third-order valence-electron chi connectivity index (χ3n) is 3.58. The first-order chi connectivity index (χ1) is 9.72. The van der Waals surface area contributed by atoms with E-state index in [1.54, 1.807) is 11.3 Å². The second kappa shape index (κ2) is 7.84. The molecule has 0 aliphatic carbocycles. The number of nitrogens with one attached hydrogen (secondary N) is 1. The van der Waals surface area contributed by atoms with Crippen molar-refractivity contribution in [2.45, 2.75) is 58.4 Å². The van der Waals surface area contributed by atoms with Crippen LogP contribution in [-0.2, 0) is 0 Å². The molecule has 0 saturated heterocycles.